The first-order chi connectivity index (χ1) is 31.1. The molecule has 67 heavy (non-hydrogen) atoms. The van der Waals surface area contributed by atoms with Gasteiger partial charge in [0.15, 0.2) is 25.0 Å². The van der Waals surface area contributed by atoms with Crippen molar-refractivity contribution in [3.05, 3.63) is 11.6 Å². The third-order valence-corrected chi connectivity index (χ3v) is 19.4. The minimum absolute atomic E-state index is 0.0295. The largest absolute Gasteiger partial charge is 0.481 e. The molecule has 8 aliphatic rings. The maximum atomic E-state index is 13.8. The van der Waals surface area contributed by atoms with Crippen molar-refractivity contribution in [1.29, 1.82) is 0 Å². The van der Waals surface area contributed by atoms with Crippen LogP contribution in [0.15, 0.2) is 11.6 Å². The van der Waals surface area contributed by atoms with Gasteiger partial charge in [0.05, 0.1) is 24.2 Å². The molecule has 5 aliphatic carbocycles. The molecule has 4 saturated carbocycles. The number of ketones is 1. The molecule has 0 aromatic carbocycles. The van der Waals surface area contributed by atoms with Crippen molar-refractivity contribution < 1.29 is 93.9 Å². The second kappa shape index (κ2) is 17.5. The molecule has 0 aromatic heterocycles. The van der Waals surface area contributed by atoms with E-state index in [-0.39, 0.29) is 46.2 Å². The number of aliphatic carboxylic acids is 2. The molecule has 19 heteroatoms. The molecule has 380 valence electrons. The van der Waals surface area contributed by atoms with Crippen LogP contribution in [-0.2, 0) is 42.8 Å². The second-order valence-corrected chi connectivity index (χ2v) is 23.3. The first-order valence-electron chi connectivity index (χ1n) is 24.1. The summed E-state index contributed by atoms with van der Waals surface area (Å²) >= 11 is 0. The van der Waals surface area contributed by atoms with Crippen LogP contribution in [0, 0.1) is 50.2 Å². The Morgan fingerprint density at radius 2 is 1.33 bits per heavy atom. The van der Waals surface area contributed by atoms with Crippen molar-refractivity contribution in [2.45, 2.75) is 211 Å². The lowest BCUT2D eigenvalue weighted by Gasteiger charge is -2.71. The highest BCUT2D eigenvalue weighted by molar-refractivity contribution is 5.92. The quantitative estimate of drug-likeness (QED) is 0.114. The summed E-state index contributed by atoms with van der Waals surface area (Å²) in [6, 6.07) is 0. The lowest BCUT2D eigenvalue weighted by Crippen LogP contribution is -2.68. The van der Waals surface area contributed by atoms with Crippen molar-refractivity contribution in [1.82, 2.24) is 0 Å². The van der Waals surface area contributed by atoms with Crippen molar-refractivity contribution in [2.75, 3.05) is 6.61 Å². The minimum Gasteiger partial charge on any atom is -0.481 e. The van der Waals surface area contributed by atoms with Crippen LogP contribution in [0.4, 0.5) is 0 Å². The van der Waals surface area contributed by atoms with Crippen molar-refractivity contribution in [3.63, 3.8) is 0 Å². The van der Waals surface area contributed by atoms with Gasteiger partial charge in [-0.1, -0.05) is 53.2 Å². The molecule has 19 nitrogen and oxygen atoms in total. The Morgan fingerprint density at radius 1 is 0.701 bits per heavy atom. The first-order valence-corrected chi connectivity index (χ1v) is 24.1. The summed E-state index contributed by atoms with van der Waals surface area (Å²) < 4.78 is 36.2. The predicted molar refractivity (Wildman–Crippen MR) is 230 cm³/mol. The summed E-state index contributed by atoms with van der Waals surface area (Å²) in [6.07, 6.45) is -18.8. The number of aliphatic hydroxyl groups excluding tert-OH is 8. The Balaban J connectivity index is 1.06. The number of ether oxygens (including phenoxy) is 6. The summed E-state index contributed by atoms with van der Waals surface area (Å²) in [7, 11) is 0. The number of carbonyl (C=O) groups excluding carboxylic acids is 1. The van der Waals surface area contributed by atoms with Crippen LogP contribution in [0.1, 0.15) is 113 Å². The molecule has 3 saturated heterocycles. The molecular weight excluding hydrogens is 881 g/mol. The lowest BCUT2D eigenvalue weighted by atomic mass is 9.33. The van der Waals surface area contributed by atoms with E-state index in [1.165, 1.54) is 12.5 Å². The number of allylic oxidation sites excluding steroid dienone is 2. The van der Waals surface area contributed by atoms with Gasteiger partial charge >= 0.3 is 11.9 Å². The van der Waals surface area contributed by atoms with Crippen LogP contribution in [0.2, 0.25) is 0 Å². The number of fused-ring (bicyclic) bond motifs is 7. The number of hydrogen-bond donors (Lipinski definition) is 10. The lowest BCUT2D eigenvalue weighted by molar-refractivity contribution is -0.395. The number of rotatable bonds is 9. The van der Waals surface area contributed by atoms with Crippen molar-refractivity contribution >= 4 is 17.7 Å². The van der Waals surface area contributed by atoms with E-state index in [4.69, 9.17) is 28.4 Å². The third kappa shape index (κ3) is 7.79. The topological polar surface area (TPSA) is 309 Å². The number of aliphatic hydroxyl groups is 8. The Labute approximate surface area is 390 Å². The Morgan fingerprint density at radius 3 is 1.96 bits per heavy atom. The number of carboxylic acid groups (broad SMARTS) is 2. The van der Waals surface area contributed by atoms with Gasteiger partial charge in [-0.2, -0.15) is 0 Å². The second-order valence-electron chi connectivity index (χ2n) is 23.3. The molecule has 7 fully saturated rings. The van der Waals surface area contributed by atoms with Crippen LogP contribution >= 0.6 is 0 Å². The molecular formula is C48H74O19. The van der Waals surface area contributed by atoms with E-state index in [1.54, 1.807) is 6.92 Å². The number of carboxylic acids is 2. The highest BCUT2D eigenvalue weighted by Crippen LogP contribution is 2.75. The van der Waals surface area contributed by atoms with E-state index < -0.39 is 133 Å². The van der Waals surface area contributed by atoms with Gasteiger partial charge in [-0.25, -0.2) is 4.79 Å². The maximum Gasteiger partial charge on any atom is 0.335 e. The summed E-state index contributed by atoms with van der Waals surface area (Å²) in [4.78, 5) is 38.9. The average Bonchev–Trinajstić information content (AvgIpc) is 3.25. The van der Waals surface area contributed by atoms with Gasteiger partial charge in [-0.05, 0) is 105 Å². The minimum atomic E-state index is -2.05. The molecule has 0 amide bonds. The monoisotopic (exact) mass is 954 g/mol. The zero-order valence-corrected chi connectivity index (χ0v) is 39.8. The third-order valence-electron chi connectivity index (χ3n) is 19.4. The van der Waals surface area contributed by atoms with Gasteiger partial charge in [0.2, 0.25) is 0 Å². The normalized spacial score (nSPS) is 54.1. The van der Waals surface area contributed by atoms with E-state index >= 15 is 0 Å². The first kappa shape index (κ1) is 51.2. The fraction of sp³-hybridized carbons (Fsp3) is 0.896. The summed E-state index contributed by atoms with van der Waals surface area (Å²) in [5.74, 6) is -2.40. The maximum absolute atomic E-state index is 13.8. The zero-order valence-electron chi connectivity index (χ0n) is 39.8. The molecule has 24 atom stereocenters. The fourth-order valence-corrected chi connectivity index (χ4v) is 14.9. The molecule has 8 rings (SSSR count). The predicted octanol–water partition coefficient (Wildman–Crippen LogP) is 1.01. The molecule has 0 aromatic rings. The highest BCUT2D eigenvalue weighted by Gasteiger charge is 2.70. The molecule has 3 aliphatic heterocycles. The highest BCUT2D eigenvalue weighted by atomic mass is 16.8. The molecule has 0 radical (unpaired) electrons. The van der Waals surface area contributed by atoms with E-state index in [0.29, 0.717) is 25.7 Å². The Hall–Kier alpha value is -2.21. The summed E-state index contributed by atoms with van der Waals surface area (Å²) in [6.45, 7) is 15.6. The van der Waals surface area contributed by atoms with E-state index in [2.05, 4.69) is 40.7 Å². The van der Waals surface area contributed by atoms with Crippen molar-refractivity contribution in [2.24, 2.45) is 50.2 Å². The van der Waals surface area contributed by atoms with Crippen molar-refractivity contribution in [3.8, 4) is 0 Å². The van der Waals surface area contributed by atoms with E-state index in [9.17, 15) is 65.4 Å². The number of hydrogen-bond acceptors (Lipinski definition) is 17. The summed E-state index contributed by atoms with van der Waals surface area (Å²) in [5, 5.41) is 107. The van der Waals surface area contributed by atoms with Crippen LogP contribution < -0.4 is 0 Å². The average molecular weight is 955 g/mol. The Bertz CT molecular complexity index is 1950. The van der Waals surface area contributed by atoms with Gasteiger partial charge in [0, 0.05) is 11.8 Å². The van der Waals surface area contributed by atoms with Gasteiger partial charge in [-0.15, -0.1) is 0 Å². The van der Waals surface area contributed by atoms with Gasteiger partial charge < -0.3 is 79.5 Å². The molecule has 3 heterocycles. The van der Waals surface area contributed by atoms with E-state index in [1.807, 2.05) is 6.92 Å². The number of Topliss-reactive ketones (excluding diaryl/α,β-unsaturated/α-hetero) is 1. The molecule has 0 bridgehead atoms. The SMILES string of the molecule is C[C@@H]1O[C@@H](O[C@H]2[C@H](O[C@H]3[C@H](O[C@H]4CC[C@@]5(C)C(CC[C@]6(C)C5CC=C5[C@@H]7C[C@](C)(C(=O)O)CC(=O)[C@]7(C)CC[C@]56C)C4(C)C)O[C@H](C(=O)O)[C@@H](O)[C@@H]3O)O[C@H](CO)[C@H](O)[C@@H]2O)[C@H](O)[C@H](O)[C@H]1O. The molecule has 0 spiro atoms. The Kier molecular flexibility index (Phi) is 13.4. The zero-order chi connectivity index (χ0) is 49.3. The smallest absolute Gasteiger partial charge is 0.335 e. The number of carbonyl (C=O) groups is 3. The summed E-state index contributed by atoms with van der Waals surface area (Å²) in [5.41, 5.74) is -1.84. The molecule has 10 N–H and O–H groups in total. The fourth-order valence-electron chi connectivity index (χ4n) is 14.9. The van der Waals surface area contributed by atoms with Crippen LogP contribution in [0.5, 0.6) is 0 Å². The molecule has 2 unspecified atom stereocenters. The van der Waals surface area contributed by atoms with Crippen LogP contribution in [0.25, 0.3) is 0 Å². The van der Waals surface area contributed by atoms with E-state index in [0.717, 1.165) is 25.7 Å². The van der Waals surface area contributed by atoms with Gasteiger partial charge in [0.25, 0.3) is 0 Å². The standard InChI is InChI=1S/C48H74O19/c1-20-28(51)30(53)34(57)39(62-20)66-36-31(54)29(52)23(19-49)63-40(36)67-37-33(56)32(55)35(38(58)59)65-41(37)64-27-12-13-46(6)24(43(27,2)3)11-14-48(8)25(46)10-9-21-22-17-44(4,42(60)61)18-26(50)45(22,5)15-16-47(21,48)7/h9,20,22-25,27-37,39-41,49,51-57H,10-19H2,1-8H3,(H,58,59)(H,60,61)/t20-,22-,23+,24?,25?,27-,28-,29-,30+,31-,32-,33-,34+,35-,36+,37+,39-,40-,41+,44-,45+,46-,47+,48+/m0/s1. The van der Waals surface area contributed by atoms with Crippen LogP contribution in [-0.4, -0.2) is 174 Å². The van der Waals surface area contributed by atoms with Gasteiger partial charge in [0.1, 0.15) is 66.8 Å². The van der Waals surface area contributed by atoms with Gasteiger partial charge in [-0.3, -0.25) is 9.59 Å². The van der Waals surface area contributed by atoms with Crippen LogP contribution in [0.3, 0.4) is 0 Å².